The number of hydrogen-bond donors (Lipinski definition) is 3. The molecule has 4 aromatic rings. The van der Waals surface area contributed by atoms with E-state index in [1.807, 2.05) is 59.3 Å². The molecule has 0 amide bonds. The molecule has 0 unspecified atom stereocenters. The Hall–Kier alpha value is -4.35. The molecule has 2 saturated heterocycles. The second kappa shape index (κ2) is 12.4. The predicted molar refractivity (Wildman–Crippen MR) is 159 cm³/mol. The zero-order valence-corrected chi connectivity index (χ0v) is 23.2. The van der Waals surface area contributed by atoms with E-state index in [9.17, 15) is 0 Å². The number of hydrogen-bond acceptors (Lipinski definition) is 10. The predicted octanol–water partition coefficient (Wildman–Crippen LogP) is 3.47. The third-order valence-electron chi connectivity index (χ3n) is 7.78. The van der Waals surface area contributed by atoms with Crippen molar-refractivity contribution in [2.24, 2.45) is 11.0 Å². The molecular weight excluding hydrogens is 518 g/mol. The minimum absolute atomic E-state index is 0.579. The summed E-state index contributed by atoms with van der Waals surface area (Å²) in [6.07, 6.45) is 8.95. The smallest absolute Gasteiger partial charge is 0.140 e. The molecule has 0 aliphatic carbocycles. The molecule has 0 radical (unpaired) electrons. The lowest BCUT2D eigenvalue weighted by atomic mass is 9.96. The third-order valence-corrected chi connectivity index (χ3v) is 7.78. The molecule has 6 rings (SSSR count). The Morgan fingerprint density at radius 1 is 1.12 bits per heavy atom. The van der Waals surface area contributed by atoms with Gasteiger partial charge in [-0.1, -0.05) is 24.3 Å². The molecule has 1 aromatic carbocycles. The van der Waals surface area contributed by atoms with E-state index < -0.39 is 0 Å². The van der Waals surface area contributed by atoms with E-state index in [1.165, 1.54) is 19.1 Å². The molecular formula is C30H35N9O2. The van der Waals surface area contributed by atoms with Crippen molar-refractivity contribution in [2.75, 3.05) is 45.3 Å². The highest BCUT2D eigenvalue weighted by molar-refractivity contribution is 6.37. The summed E-state index contributed by atoms with van der Waals surface area (Å²) >= 11 is 0. The quantitative estimate of drug-likeness (QED) is 0.191. The normalized spacial score (nSPS) is 16.9. The fourth-order valence-electron chi connectivity index (χ4n) is 5.25. The Labute approximate surface area is 239 Å². The number of imidazole rings is 1. The fourth-order valence-corrected chi connectivity index (χ4v) is 5.25. The first-order valence-corrected chi connectivity index (χ1v) is 14.0. The molecule has 0 atom stereocenters. The van der Waals surface area contributed by atoms with Crippen molar-refractivity contribution in [3.8, 4) is 17.1 Å². The standard InChI is InChI=1S/C30H35N9O2/c1-32-37-27(14-31)23-4-2-21(3-5-23)15-33-29-13-26(35-20-36-29)28-16-34-30-12-25(8-11-39(28)30)41-17-22-6-9-38(10-7-22)24-18-40-19-24/h2-5,8,11-14,16,20,22,24,31-32H,6-7,9-10,15,17-19H2,1H3,(H,33,35,36)/b31-14?,37-27+. The Bertz CT molecular complexity index is 1510. The fraction of sp³-hybridized carbons (Fsp3) is 0.367. The lowest BCUT2D eigenvalue weighted by Gasteiger charge is -2.41. The van der Waals surface area contributed by atoms with Crippen molar-refractivity contribution < 1.29 is 9.47 Å². The number of hydrazone groups is 1. The second-order valence-electron chi connectivity index (χ2n) is 10.4. The van der Waals surface area contributed by atoms with Gasteiger partial charge in [-0.25, -0.2) is 15.0 Å². The van der Waals surface area contributed by atoms with Crippen molar-refractivity contribution in [1.29, 1.82) is 5.41 Å². The molecule has 2 aliphatic rings. The van der Waals surface area contributed by atoms with E-state index in [-0.39, 0.29) is 0 Å². The van der Waals surface area contributed by atoms with Crippen molar-refractivity contribution in [2.45, 2.75) is 25.4 Å². The zero-order valence-electron chi connectivity index (χ0n) is 23.2. The number of nitrogens with one attached hydrogen (secondary N) is 3. The minimum Gasteiger partial charge on any atom is -0.493 e. The average Bonchev–Trinajstić information content (AvgIpc) is 3.41. The summed E-state index contributed by atoms with van der Waals surface area (Å²) < 4.78 is 13.5. The number of rotatable bonds is 11. The zero-order chi connectivity index (χ0) is 28.0. The van der Waals surface area contributed by atoms with Gasteiger partial charge in [-0.05, 0) is 43.5 Å². The molecule has 11 heteroatoms. The van der Waals surface area contributed by atoms with Crippen LogP contribution in [0.5, 0.6) is 5.75 Å². The third kappa shape index (κ3) is 6.21. The molecule has 0 spiro atoms. The van der Waals surface area contributed by atoms with Crippen LogP contribution in [-0.2, 0) is 11.3 Å². The lowest BCUT2D eigenvalue weighted by molar-refractivity contribution is -0.0750. The highest BCUT2D eigenvalue weighted by atomic mass is 16.5. The van der Waals surface area contributed by atoms with Crippen molar-refractivity contribution >= 4 is 23.4 Å². The summed E-state index contributed by atoms with van der Waals surface area (Å²) in [6, 6.07) is 14.5. The number of fused-ring (bicyclic) bond motifs is 1. The topological polar surface area (TPSA) is 125 Å². The number of benzene rings is 1. The molecule has 0 bridgehead atoms. The summed E-state index contributed by atoms with van der Waals surface area (Å²) in [5.41, 5.74) is 7.75. The first-order valence-electron chi connectivity index (χ1n) is 14.0. The molecule has 5 heterocycles. The van der Waals surface area contributed by atoms with E-state index in [0.717, 1.165) is 72.6 Å². The van der Waals surface area contributed by atoms with Crippen LogP contribution in [0, 0.1) is 11.3 Å². The van der Waals surface area contributed by atoms with Gasteiger partial charge in [0, 0.05) is 43.7 Å². The van der Waals surface area contributed by atoms with Crippen LogP contribution in [-0.4, -0.2) is 82.2 Å². The van der Waals surface area contributed by atoms with Crippen LogP contribution in [0.15, 0.2) is 66.3 Å². The average molecular weight is 554 g/mol. The molecule has 3 N–H and O–H groups in total. The van der Waals surface area contributed by atoms with Gasteiger partial charge in [0.2, 0.25) is 0 Å². The first-order chi connectivity index (χ1) is 20.2. The molecule has 2 aliphatic heterocycles. The van der Waals surface area contributed by atoms with E-state index in [4.69, 9.17) is 14.9 Å². The molecule has 212 valence electrons. The maximum Gasteiger partial charge on any atom is 0.140 e. The molecule has 3 aromatic heterocycles. The highest BCUT2D eigenvalue weighted by Crippen LogP contribution is 2.26. The van der Waals surface area contributed by atoms with Crippen molar-refractivity contribution in [3.05, 3.63) is 72.3 Å². The summed E-state index contributed by atoms with van der Waals surface area (Å²) in [4.78, 5) is 16.1. The van der Waals surface area contributed by atoms with Crippen molar-refractivity contribution in [1.82, 2.24) is 29.7 Å². The largest absolute Gasteiger partial charge is 0.493 e. The SMILES string of the molecule is CN/N=C(\C=N)c1ccc(CNc2cc(-c3cnc4cc(OCC5CCN(C6COC6)CC5)ccn34)ncn2)cc1. The van der Waals surface area contributed by atoms with Crippen LogP contribution >= 0.6 is 0 Å². The van der Waals surface area contributed by atoms with E-state index in [0.29, 0.717) is 24.2 Å². The van der Waals surface area contributed by atoms with Gasteiger partial charge in [-0.2, -0.15) is 5.10 Å². The monoisotopic (exact) mass is 553 g/mol. The number of nitrogens with zero attached hydrogens (tertiary/aromatic N) is 6. The Morgan fingerprint density at radius 2 is 1.95 bits per heavy atom. The van der Waals surface area contributed by atoms with Gasteiger partial charge in [0.15, 0.2) is 0 Å². The summed E-state index contributed by atoms with van der Waals surface area (Å²) in [6.45, 7) is 5.36. The van der Waals surface area contributed by atoms with Crippen molar-refractivity contribution in [3.63, 3.8) is 0 Å². The van der Waals surface area contributed by atoms with Gasteiger partial charge >= 0.3 is 0 Å². The van der Waals surface area contributed by atoms with E-state index >= 15 is 0 Å². The highest BCUT2D eigenvalue weighted by Gasteiger charge is 2.29. The Balaban J connectivity index is 1.06. The Kier molecular flexibility index (Phi) is 8.15. The van der Waals surface area contributed by atoms with Crippen LogP contribution in [0.2, 0.25) is 0 Å². The molecule has 41 heavy (non-hydrogen) atoms. The number of piperidine rings is 1. The summed E-state index contributed by atoms with van der Waals surface area (Å²) in [5, 5.41) is 15.0. The van der Waals surface area contributed by atoms with Crippen LogP contribution in [0.1, 0.15) is 24.0 Å². The summed E-state index contributed by atoms with van der Waals surface area (Å²) in [5.74, 6) is 2.14. The van der Waals surface area contributed by atoms with Crippen LogP contribution in [0.25, 0.3) is 17.0 Å². The van der Waals surface area contributed by atoms with Gasteiger partial charge in [-0.15, -0.1) is 0 Å². The lowest BCUT2D eigenvalue weighted by Crippen LogP contribution is -2.52. The number of likely N-dealkylation sites (tertiary alicyclic amines) is 1. The van der Waals surface area contributed by atoms with Gasteiger partial charge < -0.3 is 25.6 Å². The van der Waals surface area contributed by atoms with E-state index in [1.54, 1.807) is 13.4 Å². The molecule has 2 fully saturated rings. The van der Waals surface area contributed by atoms with Crippen LogP contribution < -0.4 is 15.5 Å². The number of ether oxygens (including phenoxy) is 2. The van der Waals surface area contributed by atoms with Gasteiger partial charge in [-0.3, -0.25) is 9.30 Å². The van der Waals surface area contributed by atoms with Crippen LogP contribution in [0.4, 0.5) is 5.82 Å². The van der Waals surface area contributed by atoms with Gasteiger partial charge in [0.25, 0.3) is 0 Å². The number of anilines is 1. The maximum absolute atomic E-state index is 7.53. The number of aromatic nitrogens is 4. The minimum atomic E-state index is 0.579. The molecule has 11 nitrogen and oxygen atoms in total. The van der Waals surface area contributed by atoms with E-state index in [2.05, 4.69) is 35.7 Å². The number of pyridine rings is 1. The first kappa shape index (κ1) is 26.9. The molecule has 0 saturated carbocycles. The Morgan fingerprint density at radius 3 is 2.68 bits per heavy atom. The van der Waals surface area contributed by atoms with Gasteiger partial charge in [0.1, 0.15) is 29.3 Å². The summed E-state index contributed by atoms with van der Waals surface area (Å²) in [7, 11) is 1.72. The maximum atomic E-state index is 7.53. The van der Waals surface area contributed by atoms with Crippen LogP contribution in [0.3, 0.4) is 0 Å². The van der Waals surface area contributed by atoms with Gasteiger partial charge in [0.05, 0.1) is 43.4 Å². The second-order valence-corrected chi connectivity index (χ2v) is 10.4.